The van der Waals surface area contributed by atoms with Crippen molar-refractivity contribution >= 4 is 5.82 Å². The molecular weight excluding hydrogens is 312 g/mol. The quantitative estimate of drug-likeness (QED) is 0.751. The zero-order valence-corrected chi connectivity index (χ0v) is 15.6. The van der Waals surface area contributed by atoms with Crippen molar-refractivity contribution in [2.75, 3.05) is 19.0 Å². The molecule has 0 unspecified atom stereocenters. The number of hydrogen-bond donors (Lipinski definition) is 1. The first-order chi connectivity index (χ1) is 12.0. The highest BCUT2D eigenvalue weighted by Gasteiger charge is 2.16. The van der Waals surface area contributed by atoms with E-state index < -0.39 is 0 Å². The van der Waals surface area contributed by atoms with Crippen LogP contribution in [0.25, 0.3) is 5.69 Å². The molecular formula is C19H26N6. The predicted octanol–water partition coefficient (Wildman–Crippen LogP) is 2.83. The Morgan fingerprint density at radius 2 is 1.92 bits per heavy atom. The molecule has 2 aromatic heterocycles. The molecule has 3 rings (SSSR count). The second kappa shape index (κ2) is 7.11. The summed E-state index contributed by atoms with van der Waals surface area (Å²) in [6, 6.07) is 8.82. The number of aryl methyl sites for hydroxylation is 2. The van der Waals surface area contributed by atoms with E-state index in [1.807, 2.05) is 28.8 Å². The van der Waals surface area contributed by atoms with Crippen LogP contribution in [0.2, 0.25) is 0 Å². The van der Waals surface area contributed by atoms with Crippen LogP contribution < -0.4 is 10.2 Å². The van der Waals surface area contributed by atoms with E-state index in [2.05, 4.69) is 72.5 Å². The summed E-state index contributed by atoms with van der Waals surface area (Å²) in [6.07, 6.45) is 5.55. The first-order valence-corrected chi connectivity index (χ1v) is 8.49. The molecule has 3 aromatic rings. The van der Waals surface area contributed by atoms with Crippen molar-refractivity contribution in [1.82, 2.24) is 24.6 Å². The normalized spacial score (nSPS) is 12.4. The van der Waals surface area contributed by atoms with Gasteiger partial charge in [0, 0.05) is 57.4 Å². The molecule has 0 amide bonds. The standard InChI is InChI=1S/C19H26N6/c1-14(16-6-8-17(9-7-16)25-11-10-20-13-25)21-12-18-15(2)22-24(5)19(18)23(3)4/h6-11,13-14,21H,12H2,1-5H3/t14-/m0/s1. The van der Waals surface area contributed by atoms with Crippen molar-refractivity contribution in [2.45, 2.75) is 26.4 Å². The van der Waals surface area contributed by atoms with Crippen molar-refractivity contribution < 1.29 is 0 Å². The lowest BCUT2D eigenvalue weighted by molar-refractivity contribution is 0.573. The lowest BCUT2D eigenvalue weighted by Gasteiger charge is -2.18. The number of benzene rings is 1. The van der Waals surface area contributed by atoms with Crippen LogP contribution in [-0.4, -0.2) is 33.4 Å². The highest BCUT2D eigenvalue weighted by Crippen LogP contribution is 2.23. The van der Waals surface area contributed by atoms with Gasteiger partial charge in [0.2, 0.25) is 0 Å². The van der Waals surface area contributed by atoms with Gasteiger partial charge in [-0.25, -0.2) is 4.98 Å². The van der Waals surface area contributed by atoms with Crippen LogP contribution in [0.4, 0.5) is 5.82 Å². The Bertz CT molecular complexity index is 814. The largest absolute Gasteiger partial charge is 0.363 e. The fourth-order valence-corrected chi connectivity index (χ4v) is 3.18. The van der Waals surface area contributed by atoms with Gasteiger partial charge in [0.25, 0.3) is 0 Å². The third-order valence-corrected chi connectivity index (χ3v) is 4.52. The molecule has 6 nitrogen and oxygen atoms in total. The van der Waals surface area contributed by atoms with Crippen molar-refractivity contribution in [3.8, 4) is 5.69 Å². The van der Waals surface area contributed by atoms with Crippen LogP contribution in [0.3, 0.4) is 0 Å². The van der Waals surface area contributed by atoms with Crippen molar-refractivity contribution in [3.63, 3.8) is 0 Å². The molecule has 0 aliphatic carbocycles. The van der Waals surface area contributed by atoms with E-state index in [0.29, 0.717) is 0 Å². The minimum absolute atomic E-state index is 0.256. The molecule has 0 radical (unpaired) electrons. The highest BCUT2D eigenvalue weighted by molar-refractivity contribution is 5.49. The summed E-state index contributed by atoms with van der Waals surface area (Å²) < 4.78 is 3.95. The summed E-state index contributed by atoms with van der Waals surface area (Å²) in [5.41, 5.74) is 4.69. The van der Waals surface area contributed by atoms with Crippen molar-refractivity contribution in [3.05, 3.63) is 59.8 Å². The second-order valence-corrected chi connectivity index (χ2v) is 6.57. The molecule has 0 aliphatic heterocycles. The first kappa shape index (κ1) is 17.2. The van der Waals surface area contributed by atoms with E-state index in [-0.39, 0.29) is 6.04 Å². The van der Waals surface area contributed by atoms with E-state index in [1.54, 1.807) is 6.20 Å². The topological polar surface area (TPSA) is 50.9 Å². The molecule has 0 saturated carbocycles. The molecule has 0 aliphatic rings. The van der Waals surface area contributed by atoms with E-state index in [4.69, 9.17) is 0 Å². The van der Waals surface area contributed by atoms with Crippen LogP contribution in [0.5, 0.6) is 0 Å². The number of aromatic nitrogens is 4. The van der Waals surface area contributed by atoms with Gasteiger partial charge in [0.15, 0.2) is 0 Å². The van der Waals surface area contributed by atoms with Gasteiger partial charge >= 0.3 is 0 Å². The Labute approximate surface area is 149 Å². The van der Waals surface area contributed by atoms with Gasteiger partial charge in [-0.05, 0) is 31.5 Å². The average molecular weight is 338 g/mol. The summed E-state index contributed by atoms with van der Waals surface area (Å²) in [6.45, 7) is 5.04. The van der Waals surface area contributed by atoms with Gasteiger partial charge < -0.3 is 14.8 Å². The zero-order valence-electron chi connectivity index (χ0n) is 15.6. The van der Waals surface area contributed by atoms with E-state index in [1.165, 1.54) is 11.1 Å². The Balaban J connectivity index is 1.70. The van der Waals surface area contributed by atoms with Gasteiger partial charge in [-0.3, -0.25) is 4.68 Å². The van der Waals surface area contributed by atoms with Crippen LogP contribution in [0, 0.1) is 6.92 Å². The number of imidazole rings is 1. The fourth-order valence-electron chi connectivity index (χ4n) is 3.18. The van der Waals surface area contributed by atoms with E-state index in [9.17, 15) is 0 Å². The Morgan fingerprint density at radius 3 is 2.52 bits per heavy atom. The summed E-state index contributed by atoms with van der Waals surface area (Å²) in [4.78, 5) is 6.20. The van der Waals surface area contributed by atoms with E-state index in [0.717, 1.165) is 23.7 Å². The maximum Gasteiger partial charge on any atom is 0.130 e. The molecule has 1 aromatic carbocycles. The van der Waals surface area contributed by atoms with Crippen molar-refractivity contribution in [2.24, 2.45) is 7.05 Å². The van der Waals surface area contributed by atoms with Gasteiger partial charge in [-0.2, -0.15) is 5.10 Å². The first-order valence-electron chi connectivity index (χ1n) is 8.49. The molecule has 0 fully saturated rings. The number of nitrogens with zero attached hydrogens (tertiary/aromatic N) is 5. The summed E-state index contributed by atoms with van der Waals surface area (Å²) in [5.74, 6) is 1.15. The average Bonchev–Trinajstić information content (AvgIpc) is 3.20. The molecule has 25 heavy (non-hydrogen) atoms. The molecule has 0 bridgehead atoms. The number of rotatable bonds is 6. The minimum Gasteiger partial charge on any atom is -0.363 e. The molecule has 0 spiro atoms. The summed E-state index contributed by atoms with van der Waals surface area (Å²) in [7, 11) is 6.10. The lowest BCUT2D eigenvalue weighted by atomic mass is 10.1. The third kappa shape index (κ3) is 3.58. The Hall–Kier alpha value is -2.60. The lowest BCUT2D eigenvalue weighted by Crippen LogP contribution is -2.21. The van der Waals surface area contributed by atoms with Crippen LogP contribution in [-0.2, 0) is 13.6 Å². The SMILES string of the molecule is Cc1nn(C)c(N(C)C)c1CN[C@@H](C)c1ccc(-n2ccnc2)cc1. The number of hydrogen-bond acceptors (Lipinski definition) is 4. The third-order valence-electron chi connectivity index (χ3n) is 4.52. The smallest absolute Gasteiger partial charge is 0.130 e. The summed E-state index contributed by atoms with van der Waals surface area (Å²) in [5, 5.41) is 8.17. The maximum atomic E-state index is 4.55. The van der Waals surface area contributed by atoms with Gasteiger partial charge in [0.1, 0.15) is 5.82 Å². The molecule has 1 atom stereocenters. The Kier molecular flexibility index (Phi) is 4.90. The van der Waals surface area contributed by atoms with Gasteiger partial charge in [0.05, 0.1) is 12.0 Å². The fraction of sp³-hybridized carbons (Fsp3) is 0.368. The molecule has 2 heterocycles. The highest BCUT2D eigenvalue weighted by atomic mass is 15.4. The number of anilines is 1. The van der Waals surface area contributed by atoms with Gasteiger partial charge in [-0.1, -0.05) is 12.1 Å². The van der Waals surface area contributed by atoms with Crippen LogP contribution >= 0.6 is 0 Å². The monoisotopic (exact) mass is 338 g/mol. The zero-order chi connectivity index (χ0) is 18.0. The molecule has 6 heteroatoms. The number of nitrogens with one attached hydrogen (secondary N) is 1. The maximum absolute atomic E-state index is 4.55. The minimum atomic E-state index is 0.256. The van der Waals surface area contributed by atoms with E-state index >= 15 is 0 Å². The molecule has 132 valence electrons. The molecule has 0 saturated heterocycles. The van der Waals surface area contributed by atoms with Gasteiger partial charge in [-0.15, -0.1) is 0 Å². The van der Waals surface area contributed by atoms with Crippen LogP contribution in [0.15, 0.2) is 43.0 Å². The van der Waals surface area contributed by atoms with Crippen molar-refractivity contribution in [1.29, 1.82) is 0 Å². The second-order valence-electron chi connectivity index (χ2n) is 6.57. The summed E-state index contributed by atoms with van der Waals surface area (Å²) >= 11 is 0. The predicted molar refractivity (Wildman–Crippen MR) is 101 cm³/mol. The molecule has 1 N–H and O–H groups in total. The van der Waals surface area contributed by atoms with Crippen LogP contribution in [0.1, 0.15) is 29.8 Å². The Morgan fingerprint density at radius 1 is 1.20 bits per heavy atom.